The number of benzene rings is 2. The number of hydrogen-bond donors (Lipinski definition) is 6. The number of alkyl halides is 2. The van der Waals surface area contributed by atoms with Crippen molar-refractivity contribution in [2.45, 2.75) is 25.0 Å². The molecule has 1 unspecified atom stereocenters. The molecular weight excluding hydrogens is 438 g/mol. The first kappa shape index (κ1) is 25.3. The van der Waals surface area contributed by atoms with E-state index >= 15 is 0 Å². The fraction of sp³-hybridized carbons (Fsp3) is 0.227. The van der Waals surface area contributed by atoms with Gasteiger partial charge in [-0.05, 0) is 55.5 Å². The van der Waals surface area contributed by atoms with Crippen LogP contribution in [0.25, 0.3) is 0 Å². The molecule has 2 atom stereocenters. The molecular formula is C22H22F2N4O5. The number of nitrogens with one attached hydrogen (secondary N) is 4. The van der Waals surface area contributed by atoms with Crippen molar-refractivity contribution in [3.05, 3.63) is 65.2 Å². The first-order valence-corrected chi connectivity index (χ1v) is 9.54. The van der Waals surface area contributed by atoms with Crippen LogP contribution in [0.4, 0.5) is 19.3 Å². The SMILES string of the molecule is CNC(=O)Nc1ccc(C#Cc2ccc(C(=O)N[C@H](C(=O)NO)C(C)(O)C(F)F)cc2)cc1. The molecule has 9 nitrogen and oxygen atoms in total. The molecule has 11 heteroatoms. The third-order valence-electron chi connectivity index (χ3n) is 4.54. The fourth-order valence-corrected chi connectivity index (χ4v) is 2.56. The second kappa shape index (κ2) is 11.0. The van der Waals surface area contributed by atoms with Gasteiger partial charge < -0.3 is 21.1 Å². The smallest absolute Gasteiger partial charge is 0.318 e. The summed E-state index contributed by atoms with van der Waals surface area (Å²) in [6.07, 6.45) is -3.37. The highest BCUT2D eigenvalue weighted by Gasteiger charge is 2.46. The van der Waals surface area contributed by atoms with E-state index in [1.807, 2.05) is 5.32 Å². The summed E-state index contributed by atoms with van der Waals surface area (Å²) in [4.78, 5) is 35.3. The van der Waals surface area contributed by atoms with Gasteiger partial charge in [-0.1, -0.05) is 11.8 Å². The van der Waals surface area contributed by atoms with Crippen LogP contribution in [0.1, 0.15) is 28.4 Å². The Morgan fingerprint density at radius 3 is 1.94 bits per heavy atom. The first-order chi connectivity index (χ1) is 15.6. The summed E-state index contributed by atoms with van der Waals surface area (Å²) in [6, 6.07) is 10.1. The summed E-state index contributed by atoms with van der Waals surface area (Å²) in [5.74, 6) is 3.49. The molecule has 6 N–H and O–H groups in total. The Morgan fingerprint density at radius 2 is 1.48 bits per heavy atom. The van der Waals surface area contributed by atoms with Gasteiger partial charge in [0.2, 0.25) is 0 Å². The lowest BCUT2D eigenvalue weighted by Gasteiger charge is -2.30. The van der Waals surface area contributed by atoms with Gasteiger partial charge in [-0.25, -0.2) is 19.1 Å². The van der Waals surface area contributed by atoms with Crippen LogP contribution in [-0.2, 0) is 4.79 Å². The predicted octanol–water partition coefficient (Wildman–Crippen LogP) is 1.46. The number of carbonyl (C=O) groups is 3. The second-order valence-electron chi connectivity index (χ2n) is 7.02. The van der Waals surface area contributed by atoms with Gasteiger partial charge >= 0.3 is 6.03 Å². The highest BCUT2D eigenvalue weighted by molar-refractivity contribution is 5.98. The Balaban J connectivity index is 2.10. The van der Waals surface area contributed by atoms with E-state index < -0.39 is 29.9 Å². The quantitative estimate of drug-likeness (QED) is 0.220. The van der Waals surface area contributed by atoms with Crippen molar-refractivity contribution in [2.75, 3.05) is 12.4 Å². The van der Waals surface area contributed by atoms with E-state index in [1.165, 1.54) is 31.3 Å². The summed E-state index contributed by atoms with van der Waals surface area (Å²) in [6.45, 7) is 0.664. The van der Waals surface area contributed by atoms with E-state index in [9.17, 15) is 28.3 Å². The molecule has 0 saturated heterocycles. The lowest BCUT2D eigenvalue weighted by molar-refractivity contribution is -0.149. The summed E-state index contributed by atoms with van der Waals surface area (Å²) in [5, 5.41) is 25.7. The van der Waals surface area contributed by atoms with E-state index in [2.05, 4.69) is 22.5 Å². The van der Waals surface area contributed by atoms with Crippen molar-refractivity contribution in [2.24, 2.45) is 0 Å². The normalized spacial score (nSPS) is 13.1. The standard InChI is InChI=1S/C22H22F2N4O5/c1-22(32,20(23)24)17(19(30)28-33)27-18(29)15-9-5-13(6-10-15)3-4-14-7-11-16(12-8-14)26-21(31)25-2/h5-12,17,20,32-33H,1-2H3,(H,27,29)(H,28,30)(H2,25,26,31)/t17-,22?/m1/s1. The zero-order chi connectivity index (χ0) is 24.6. The number of hydroxylamine groups is 1. The summed E-state index contributed by atoms with van der Waals surface area (Å²) in [7, 11) is 1.50. The third-order valence-corrected chi connectivity index (χ3v) is 4.54. The number of aliphatic hydroxyl groups is 1. The minimum Gasteiger partial charge on any atom is -0.381 e. The Hall–Kier alpha value is -4.01. The van der Waals surface area contributed by atoms with Gasteiger partial charge in [-0.3, -0.25) is 14.8 Å². The molecule has 0 heterocycles. The highest BCUT2D eigenvalue weighted by atomic mass is 19.3. The molecule has 2 aromatic rings. The van der Waals surface area contributed by atoms with Crippen molar-refractivity contribution in [1.29, 1.82) is 0 Å². The Labute approximate surface area is 188 Å². The van der Waals surface area contributed by atoms with Gasteiger partial charge in [0.25, 0.3) is 18.2 Å². The van der Waals surface area contributed by atoms with Crippen LogP contribution in [0, 0.1) is 11.8 Å². The number of urea groups is 1. The number of halogens is 2. The van der Waals surface area contributed by atoms with Gasteiger partial charge in [0.1, 0.15) is 6.04 Å². The minimum absolute atomic E-state index is 0.0194. The molecule has 174 valence electrons. The Morgan fingerprint density at radius 1 is 0.970 bits per heavy atom. The highest BCUT2D eigenvalue weighted by Crippen LogP contribution is 2.20. The number of rotatable bonds is 6. The largest absolute Gasteiger partial charge is 0.381 e. The predicted molar refractivity (Wildman–Crippen MR) is 115 cm³/mol. The van der Waals surface area contributed by atoms with Gasteiger partial charge in [0.15, 0.2) is 5.60 Å². The number of amides is 4. The van der Waals surface area contributed by atoms with E-state index in [0.717, 1.165) is 5.48 Å². The Kier molecular flexibility index (Phi) is 8.44. The average molecular weight is 460 g/mol. The van der Waals surface area contributed by atoms with E-state index in [4.69, 9.17) is 5.21 Å². The lowest BCUT2D eigenvalue weighted by atomic mass is 9.95. The van der Waals surface area contributed by atoms with Crippen LogP contribution < -0.4 is 21.4 Å². The lowest BCUT2D eigenvalue weighted by Crippen LogP contribution is -2.61. The average Bonchev–Trinajstić information content (AvgIpc) is 2.81. The van der Waals surface area contributed by atoms with Gasteiger partial charge in [0.05, 0.1) is 0 Å². The van der Waals surface area contributed by atoms with Crippen LogP contribution in [0.5, 0.6) is 0 Å². The van der Waals surface area contributed by atoms with Crippen LogP contribution in [0.2, 0.25) is 0 Å². The van der Waals surface area contributed by atoms with Crippen LogP contribution >= 0.6 is 0 Å². The third kappa shape index (κ3) is 6.73. The molecule has 0 fully saturated rings. The molecule has 0 aliphatic heterocycles. The van der Waals surface area contributed by atoms with Crippen molar-refractivity contribution in [1.82, 2.24) is 16.1 Å². The number of anilines is 1. The van der Waals surface area contributed by atoms with Crippen molar-refractivity contribution in [3.8, 4) is 11.8 Å². The van der Waals surface area contributed by atoms with E-state index in [-0.39, 0.29) is 11.6 Å². The second-order valence-corrected chi connectivity index (χ2v) is 7.02. The molecule has 2 aromatic carbocycles. The molecule has 0 spiro atoms. The van der Waals surface area contributed by atoms with Gasteiger partial charge in [-0.2, -0.15) is 0 Å². The van der Waals surface area contributed by atoms with Gasteiger partial charge in [-0.15, -0.1) is 0 Å². The molecule has 0 aliphatic rings. The maximum atomic E-state index is 13.1. The van der Waals surface area contributed by atoms with Crippen LogP contribution in [0.15, 0.2) is 48.5 Å². The number of carbonyl (C=O) groups excluding carboxylic acids is 3. The summed E-state index contributed by atoms with van der Waals surface area (Å²) < 4.78 is 26.2. The monoisotopic (exact) mass is 460 g/mol. The van der Waals surface area contributed by atoms with Crippen molar-refractivity contribution < 1.29 is 33.5 Å². The number of hydrogen-bond acceptors (Lipinski definition) is 5. The molecule has 2 rings (SSSR count). The van der Waals surface area contributed by atoms with Gasteiger partial charge in [0, 0.05) is 29.4 Å². The summed E-state index contributed by atoms with van der Waals surface area (Å²) >= 11 is 0. The molecule has 4 amide bonds. The molecule has 0 aliphatic carbocycles. The summed E-state index contributed by atoms with van der Waals surface area (Å²) in [5.41, 5.74) is 0.0622. The molecule has 0 bridgehead atoms. The molecule has 33 heavy (non-hydrogen) atoms. The molecule has 0 aromatic heterocycles. The molecule has 0 saturated carbocycles. The van der Waals surface area contributed by atoms with Crippen LogP contribution in [0.3, 0.4) is 0 Å². The molecule has 0 radical (unpaired) electrons. The van der Waals surface area contributed by atoms with E-state index in [1.54, 1.807) is 24.3 Å². The van der Waals surface area contributed by atoms with E-state index in [0.29, 0.717) is 23.7 Å². The zero-order valence-electron chi connectivity index (χ0n) is 17.6. The fourth-order valence-electron chi connectivity index (χ4n) is 2.56. The van der Waals surface area contributed by atoms with Crippen LogP contribution in [-0.4, -0.2) is 53.3 Å². The Bertz CT molecular complexity index is 1060. The van der Waals surface area contributed by atoms with Crippen molar-refractivity contribution >= 4 is 23.5 Å². The minimum atomic E-state index is -3.37. The zero-order valence-corrected chi connectivity index (χ0v) is 17.6. The maximum Gasteiger partial charge on any atom is 0.318 e. The van der Waals surface area contributed by atoms with Crippen molar-refractivity contribution in [3.63, 3.8) is 0 Å². The topological polar surface area (TPSA) is 140 Å². The first-order valence-electron chi connectivity index (χ1n) is 9.54. The maximum absolute atomic E-state index is 13.1.